The molecule has 0 saturated carbocycles. The van der Waals surface area contributed by atoms with E-state index in [9.17, 15) is 0 Å². The van der Waals surface area contributed by atoms with Crippen molar-refractivity contribution in [3.63, 3.8) is 0 Å². The Morgan fingerprint density at radius 2 is 2.06 bits per heavy atom. The van der Waals surface area contributed by atoms with Gasteiger partial charge in [-0.15, -0.1) is 0 Å². The number of aromatic nitrogens is 1. The van der Waals surface area contributed by atoms with Crippen LogP contribution in [0.4, 0.5) is 5.69 Å². The first-order valence-electron chi connectivity index (χ1n) is 5.12. The third kappa shape index (κ3) is 1.98. The molecule has 0 bridgehead atoms. The molecule has 3 heteroatoms. The SMILES string of the molecule is CNc1cccc(-c2ncccc2OC)c1. The lowest BCUT2D eigenvalue weighted by Gasteiger charge is -2.08. The van der Waals surface area contributed by atoms with Gasteiger partial charge >= 0.3 is 0 Å². The van der Waals surface area contributed by atoms with Gasteiger partial charge in [0.15, 0.2) is 0 Å². The van der Waals surface area contributed by atoms with Crippen molar-refractivity contribution in [1.82, 2.24) is 4.98 Å². The maximum atomic E-state index is 5.29. The van der Waals surface area contributed by atoms with Crippen molar-refractivity contribution in [2.24, 2.45) is 0 Å². The largest absolute Gasteiger partial charge is 0.494 e. The summed E-state index contributed by atoms with van der Waals surface area (Å²) in [6, 6.07) is 11.9. The Labute approximate surface area is 95.1 Å². The molecule has 0 amide bonds. The summed E-state index contributed by atoms with van der Waals surface area (Å²) in [4.78, 5) is 4.34. The van der Waals surface area contributed by atoms with E-state index in [0.29, 0.717) is 0 Å². The lowest BCUT2D eigenvalue weighted by atomic mass is 10.1. The minimum atomic E-state index is 0.788. The minimum Gasteiger partial charge on any atom is -0.494 e. The molecule has 1 heterocycles. The van der Waals surface area contributed by atoms with Gasteiger partial charge in [-0.25, -0.2) is 0 Å². The van der Waals surface area contributed by atoms with Gasteiger partial charge in [0.25, 0.3) is 0 Å². The van der Waals surface area contributed by atoms with E-state index in [4.69, 9.17) is 4.74 Å². The molecule has 0 aliphatic rings. The average Bonchev–Trinajstić information content (AvgIpc) is 2.38. The summed E-state index contributed by atoms with van der Waals surface area (Å²) in [5, 5.41) is 3.11. The average molecular weight is 214 g/mol. The number of ether oxygens (including phenoxy) is 1. The molecule has 0 unspecified atom stereocenters. The molecule has 0 spiro atoms. The molecule has 2 aromatic rings. The van der Waals surface area contributed by atoms with Crippen LogP contribution in [0.2, 0.25) is 0 Å². The third-order valence-electron chi connectivity index (χ3n) is 2.42. The zero-order valence-electron chi connectivity index (χ0n) is 9.40. The predicted octanol–water partition coefficient (Wildman–Crippen LogP) is 2.80. The van der Waals surface area contributed by atoms with Crippen LogP contribution < -0.4 is 10.1 Å². The van der Waals surface area contributed by atoms with E-state index in [0.717, 1.165) is 22.7 Å². The topological polar surface area (TPSA) is 34.2 Å². The number of anilines is 1. The van der Waals surface area contributed by atoms with Crippen molar-refractivity contribution in [2.75, 3.05) is 19.5 Å². The number of hydrogen-bond acceptors (Lipinski definition) is 3. The highest BCUT2D eigenvalue weighted by Gasteiger charge is 2.06. The van der Waals surface area contributed by atoms with Crippen molar-refractivity contribution < 1.29 is 4.74 Å². The van der Waals surface area contributed by atoms with Crippen LogP contribution in [0.3, 0.4) is 0 Å². The number of nitrogens with one attached hydrogen (secondary N) is 1. The van der Waals surface area contributed by atoms with Crippen LogP contribution in [0, 0.1) is 0 Å². The van der Waals surface area contributed by atoms with Gasteiger partial charge in [-0.1, -0.05) is 12.1 Å². The first-order valence-corrected chi connectivity index (χ1v) is 5.12. The maximum absolute atomic E-state index is 5.29. The van der Waals surface area contributed by atoms with Gasteiger partial charge in [-0.3, -0.25) is 4.98 Å². The van der Waals surface area contributed by atoms with E-state index in [1.807, 2.05) is 43.4 Å². The molecule has 0 fully saturated rings. The molecular formula is C13H14N2O. The van der Waals surface area contributed by atoms with E-state index in [-0.39, 0.29) is 0 Å². The van der Waals surface area contributed by atoms with E-state index >= 15 is 0 Å². The third-order valence-corrected chi connectivity index (χ3v) is 2.42. The standard InChI is InChI=1S/C13H14N2O/c1-14-11-6-3-5-10(9-11)13-12(16-2)7-4-8-15-13/h3-9,14H,1-2H3. The molecule has 2 rings (SSSR count). The molecule has 0 radical (unpaired) electrons. The monoisotopic (exact) mass is 214 g/mol. The number of pyridine rings is 1. The fraction of sp³-hybridized carbons (Fsp3) is 0.154. The van der Waals surface area contributed by atoms with Gasteiger partial charge in [0.2, 0.25) is 0 Å². The molecule has 0 aliphatic carbocycles. The van der Waals surface area contributed by atoms with Gasteiger partial charge in [-0.2, -0.15) is 0 Å². The molecule has 1 N–H and O–H groups in total. The summed E-state index contributed by atoms with van der Waals surface area (Å²) >= 11 is 0. The fourth-order valence-electron chi connectivity index (χ4n) is 1.59. The summed E-state index contributed by atoms with van der Waals surface area (Å²) in [5.74, 6) is 0.788. The highest BCUT2D eigenvalue weighted by atomic mass is 16.5. The van der Waals surface area contributed by atoms with Crippen molar-refractivity contribution in [3.8, 4) is 17.0 Å². The van der Waals surface area contributed by atoms with E-state index in [2.05, 4.69) is 10.3 Å². The van der Waals surface area contributed by atoms with Crippen molar-refractivity contribution in [1.29, 1.82) is 0 Å². The Kier molecular flexibility index (Phi) is 3.05. The normalized spacial score (nSPS) is 9.88. The van der Waals surface area contributed by atoms with Crippen LogP contribution in [-0.2, 0) is 0 Å². The maximum Gasteiger partial charge on any atom is 0.145 e. The highest BCUT2D eigenvalue weighted by molar-refractivity contribution is 5.69. The molecule has 3 nitrogen and oxygen atoms in total. The number of methoxy groups -OCH3 is 1. The molecular weight excluding hydrogens is 200 g/mol. The van der Waals surface area contributed by atoms with Gasteiger partial charge in [0.1, 0.15) is 11.4 Å². The summed E-state index contributed by atoms with van der Waals surface area (Å²) in [7, 11) is 3.55. The van der Waals surface area contributed by atoms with Crippen molar-refractivity contribution >= 4 is 5.69 Å². The number of rotatable bonds is 3. The lowest BCUT2D eigenvalue weighted by Crippen LogP contribution is -1.92. The molecule has 1 aromatic carbocycles. The van der Waals surface area contributed by atoms with E-state index in [1.54, 1.807) is 13.3 Å². The summed E-state index contributed by atoms with van der Waals surface area (Å²) < 4.78 is 5.29. The molecule has 16 heavy (non-hydrogen) atoms. The smallest absolute Gasteiger partial charge is 0.145 e. The van der Waals surface area contributed by atoms with Crippen LogP contribution in [0.1, 0.15) is 0 Å². The van der Waals surface area contributed by atoms with Gasteiger partial charge < -0.3 is 10.1 Å². The number of nitrogens with zero attached hydrogens (tertiary/aromatic N) is 1. The Morgan fingerprint density at radius 1 is 1.19 bits per heavy atom. The molecule has 1 aromatic heterocycles. The zero-order chi connectivity index (χ0) is 11.4. The summed E-state index contributed by atoms with van der Waals surface area (Å²) in [6.45, 7) is 0. The van der Waals surface area contributed by atoms with Crippen LogP contribution >= 0.6 is 0 Å². The Morgan fingerprint density at radius 3 is 2.81 bits per heavy atom. The van der Waals surface area contributed by atoms with Gasteiger partial charge in [0, 0.05) is 24.5 Å². The van der Waals surface area contributed by atoms with Gasteiger partial charge in [-0.05, 0) is 24.3 Å². The molecule has 0 saturated heterocycles. The molecule has 0 aliphatic heterocycles. The molecule has 82 valence electrons. The lowest BCUT2D eigenvalue weighted by molar-refractivity contribution is 0.415. The van der Waals surface area contributed by atoms with Crippen molar-refractivity contribution in [2.45, 2.75) is 0 Å². The summed E-state index contributed by atoms with van der Waals surface area (Å²) in [5.41, 5.74) is 2.97. The van der Waals surface area contributed by atoms with E-state index < -0.39 is 0 Å². The second-order valence-corrected chi connectivity index (χ2v) is 3.39. The van der Waals surface area contributed by atoms with Crippen LogP contribution in [0.5, 0.6) is 5.75 Å². The quantitative estimate of drug-likeness (QED) is 0.853. The number of benzene rings is 1. The molecule has 0 atom stereocenters. The van der Waals surface area contributed by atoms with E-state index in [1.165, 1.54) is 0 Å². The second kappa shape index (κ2) is 4.66. The summed E-state index contributed by atoms with van der Waals surface area (Å²) in [6.07, 6.45) is 1.77. The van der Waals surface area contributed by atoms with Crippen molar-refractivity contribution in [3.05, 3.63) is 42.6 Å². The van der Waals surface area contributed by atoms with Crippen LogP contribution in [0.25, 0.3) is 11.3 Å². The number of hydrogen-bond donors (Lipinski definition) is 1. The Bertz CT molecular complexity index is 483. The zero-order valence-corrected chi connectivity index (χ0v) is 9.40. The fourth-order valence-corrected chi connectivity index (χ4v) is 1.59. The van der Waals surface area contributed by atoms with Crippen LogP contribution in [-0.4, -0.2) is 19.1 Å². The highest BCUT2D eigenvalue weighted by Crippen LogP contribution is 2.28. The Balaban J connectivity index is 2.49. The van der Waals surface area contributed by atoms with Crippen LogP contribution in [0.15, 0.2) is 42.6 Å². The first kappa shape index (κ1) is 10.5. The first-order chi connectivity index (χ1) is 7.85. The minimum absolute atomic E-state index is 0.788. The predicted molar refractivity (Wildman–Crippen MR) is 65.8 cm³/mol. The van der Waals surface area contributed by atoms with Gasteiger partial charge in [0.05, 0.1) is 7.11 Å². The Hall–Kier alpha value is -2.03. The second-order valence-electron chi connectivity index (χ2n) is 3.39.